The zero-order valence-corrected chi connectivity index (χ0v) is 14.1. The van der Waals surface area contributed by atoms with E-state index in [1.165, 1.54) is 76.5 Å². The lowest BCUT2D eigenvalue weighted by molar-refractivity contribution is 0.189. The number of piperidine rings is 1. The quantitative estimate of drug-likeness (QED) is 0.909. The second-order valence-electron chi connectivity index (χ2n) is 7.27. The fourth-order valence-electron chi connectivity index (χ4n) is 4.07. The topological polar surface area (TPSA) is 34.6 Å². The molecule has 1 aromatic rings. The summed E-state index contributed by atoms with van der Waals surface area (Å²) >= 11 is 0. The van der Waals surface area contributed by atoms with Crippen molar-refractivity contribution < 1.29 is 0 Å². The fourth-order valence-corrected chi connectivity index (χ4v) is 4.07. The maximum absolute atomic E-state index is 4.50. The Hall–Kier alpha value is -1.33. The first-order chi connectivity index (χ1) is 11.4. The number of piperazine rings is 1. The van der Waals surface area contributed by atoms with E-state index in [2.05, 4.69) is 31.1 Å². The lowest BCUT2D eigenvalue weighted by atomic mass is 9.98. The summed E-state index contributed by atoms with van der Waals surface area (Å²) < 4.78 is 0. The van der Waals surface area contributed by atoms with E-state index in [9.17, 15) is 0 Å². The van der Waals surface area contributed by atoms with Gasteiger partial charge in [0.15, 0.2) is 0 Å². The number of rotatable bonds is 4. The summed E-state index contributed by atoms with van der Waals surface area (Å²) in [4.78, 5) is 12.1. The summed E-state index contributed by atoms with van der Waals surface area (Å²) in [5, 5.41) is 3.43. The predicted molar refractivity (Wildman–Crippen MR) is 95.3 cm³/mol. The average Bonchev–Trinajstić information content (AvgIpc) is 2.59. The minimum atomic E-state index is 0.826. The summed E-state index contributed by atoms with van der Waals surface area (Å²) in [7, 11) is 0. The van der Waals surface area contributed by atoms with Gasteiger partial charge in [-0.2, -0.15) is 0 Å². The Kier molecular flexibility index (Phi) is 4.67. The Labute approximate surface area is 139 Å². The molecule has 3 aliphatic rings. The van der Waals surface area contributed by atoms with Crippen LogP contribution in [0.3, 0.4) is 0 Å². The third-order valence-corrected chi connectivity index (χ3v) is 5.48. The number of nitrogens with one attached hydrogen (secondary N) is 1. The number of hydrogen-bond donors (Lipinski definition) is 1. The van der Waals surface area contributed by atoms with Crippen LogP contribution < -0.4 is 15.1 Å². The smallest absolute Gasteiger partial charge is 0.0573 e. The number of pyridine rings is 1. The number of aromatic nitrogens is 1. The molecule has 4 rings (SSSR count). The maximum atomic E-state index is 4.50. The summed E-state index contributed by atoms with van der Waals surface area (Å²) in [5.74, 6) is 0.826. The van der Waals surface area contributed by atoms with Crippen molar-refractivity contribution in [2.75, 3.05) is 68.7 Å². The molecule has 0 unspecified atom stereocenters. The van der Waals surface area contributed by atoms with Crippen LogP contribution in [0.4, 0.5) is 11.4 Å². The monoisotopic (exact) mass is 315 g/mol. The molecule has 0 aromatic carbocycles. The van der Waals surface area contributed by atoms with Gasteiger partial charge in [0.1, 0.15) is 0 Å². The van der Waals surface area contributed by atoms with Gasteiger partial charge in [0.2, 0.25) is 0 Å². The molecule has 3 fully saturated rings. The Morgan fingerprint density at radius 3 is 2.35 bits per heavy atom. The van der Waals surface area contributed by atoms with Gasteiger partial charge in [-0.3, -0.25) is 4.98 Å². The molecule has 0 saturated carbocycles. The second-order valence-corrected chi connectivity index (χ2v) is 7.27. The van der Waals surface area contributed by atoms with Gasteiger partial charge in [-0.1, -0.05) is 0 Å². The van der Waals surface area contributed by atoms with Crippen LogP contribution in [0, 0.1) is 5.92 Å². The van der Waals surface area contributed by atoms with Crippen LogP contribution in [0.1, 0.15) is 19.3 Å². The zero-order valence-electron chi connectivity index (χ0n) is 14.1. The van der Waals surface area contributed by atoms with Gasteiger partial charge < -0.3 is 20.0 Å². The molecule has 4 heterocycles. The lowest BCUT2D eigenvalue weighted by Gasteiger charge is -2.44. The van der Waals surface area contributed by atoms with Gasteiger partial charge in [0.25, 0.3) is 0 Å². The first-order valence-corrected chi connectivity index (χ1v) is 9.26. The van der Waals surface area contributed by atoms with E-state index >= 15 is 0 Å². The average molecular weight is 315 g/mol. The van der Waals surface area contributed by atoms with E-state index in [0.717, 1.165) is 19.0 Å². The third kappa shape index (κ3) is 3.61. The molecule has 5 nitrogen and oxygen atoms in total. The fraction of sp³-hybridized carbons (Fsp3) is 0.722. The van der Waals surface area contributed by atoms with Gasteiger partial charge in [-0.15, -0.1) is 0 Å². The molecule has 0 amide bonds. The molecule has 1 N–H and O–H groups in total. The number of hydrogen-bond acceptors (Lipinski definition) is 5. The Morgan fingerprint density at radius 2 is 1.61 bits per heavy atom. The van der Waals surface area contributed by atoms with Gasteiger partial charge in [-0.05, 0) is 25.3 Å². The molecule has 0 atom stereocenters. The highest BCUT2D eigenvalue weighted by Crippen LogP contribution is 2.28. The van der Waals surface area contributed by atoms with Gasteiger partial charge in [-0.25, -0.2) is 0 Å². The second kappa shape index (κ2) is 7.05. The molecule has 3 saturated heterocycles. The number of anilines is 2. The molecular weight excluding hydrogens is 286 g/mol. The molecule has 126 valence electrons. The van der Waals surface area contributed by atoms with Gasteiger partial charge >= 0.3 is 0 Å². The molecule has 0 aliphatic carbocycles. The van der Waals surface area contributed by atoms with Crippen LogP contribution in [0.5, 0.6) is 0 Å². The largest absolute Gasteiger partial charge is 0.370 e. The standard InChI is InChI=1S/C18H29N5/c1-2-6-22(7-3-1)17-10-18(12-20-11-17)23-14-16(15-23)13-21-8-4-19-5-9-21/h10-12,16,19H,1-9,13-15H2. The summed E-state index contributed by atoms with van der Waals surface area (Å²) in [6, 6.07) is 2.35. The van der Waals surface area contributed by atoms with Crippen LogP contribution in [-0.2, 0) is 0 Å². The van der Waals surface area contributed by atoms with E-state index in [4.69, 9.17) is 0 Å². The molecule has 3 aliphatic heterocycles. The summed E-state index contributed by atoms with van der Waals surface area (Å²) in [5.41, 5.74) is 2.62. The van der Waals surface area contributed by atoms with Crippen molar-refractivity contribution in [3.8, 4) is 0 Å². The Balaban J connectivity index is 1.31. The van der Waals surface area contributed by atoms with E-state index in [-0.39, 0.29) is 0 Å². The minimum absolute atomic E-state index is 0.826. The highest BCUT2D eigenvalue weighted by atomic mass is 15.2. The van der Waals surface area contributed by atoms with Crippen LogP contribution in [0.2, 0.25) is 0 Å². The SMILES string of the molecule is c1ncc(N2CC(CN3CCNCC3)C2)cc1N1CCCCC1. The van der Waals surface area contributed by atoms with E-state index in [1.807, 2.05) is 12.4 Å². The summed E-state index contributed by atoms with van der Waals surface area (Å²) in [6.45, 7) is 10.7. The van der Waals surface area contributed by atoms with Crippen LogP contribution in [-0.4, -0.2) is 68.8 Å². The first-order valence-electron chi connectivity index (χ1n) is 9.26. The Bertz CT molecular complexity index is 502. The highest BCUT2D eigenvalue weighted by Gasteiger charge is 2.29. The molecule has 23 heavy (non-hydrogen) atoms. The van der Waals surface area contributed by atoms with Crippen molar-refractivity contribution in [3.63, 3.8) is 0 Å². The third-order valence-electron chi connectivity index (χ3n) is 5.48. The maximum Gasteiger partial charge on any atom is 0.0573 e. The number of nitrogens with zero attached hydrogens (tertiary/aromatic N) is 4. The molecule has 0 bridgehead atoms. The lowest BCUT2D eigenvalue weighted by Crippen LogP contribution is -2.54. The van der Waals surface area contributed by atoms with Gasteiger partial charge in [0, 0.05) is 64.8 Å². The van der Waals surface area contributed by atoms with Gasteiger partial charge in [0.05, 0.1) is 23.8 Å². The molecular formula is C18H29N5. The highest BCUT2D eigenvalue weighted by molar-refractivity contribution is 5.58. The van der Waals surface area contributed by atoms with Crippen LogP contribution in [0.25, 0.3) is 0 Å². The molecule has 1 aromatic heterocycles. The molecule has 5 heteroatoms. The van der Waals surface area contributed by atoms with Crippen LogP contribution >= 0.6 is 0 Å². The van der Waals surface area contributed by atoms with Crippen LogP contribution in [0.15, 0.2) is 18.5 Å². The van der Waals surface area contributed by atoms with Crippen molar-refractivity contribution in [1.82, 2.24) is 15.2 Å². The van der Waals surface area contributed by atoms with Crippen molar-refractivity contribution in [1.29, 1.82) is 0 Å². The van der Waals surface area contributed by atoms with E-state index < -0.39 is 0 Å². The Morgan fingerprint density at radius 1 is 0.913 bits per heavy atom. The zero-order chi connectivity index (χ0) is 15.5. The molecule has 0 radical (unpaired) electrons. The first kappa shape index (κ1) is 15.2. The summed E-state index contributed by atoms with van der Waals surface area (Å²) in [6.07, 6.45) is 8.09. The van der Waals surface area contributed by atoms with Crippen molar-refractivity contribution >= 4 is 11.4 Å². The predicted octanol–water partition coefficient (Wildman–Crippen LogP) is 1.41. The minimum Gasteiger partial charge on any atom is -0.370 e. The molecule has 0 spiro atoms. The van der Waals surface area contributed by atoms with E-state index in [1.54, 1.807) is 0 Å². The normalized spacial score (nSPS) is 23.8. The van der Waals surface area contributed by atoms with Crippen molar-refractivity contribution in [2.45, 2.75) is 19.3 Å². The van der Waals surface area contributed by atoms with Crippen molar-refractivity contribution in [2.24, 2.45) is 5.92 Å². The van der Waals surface area contributed by atoms with Crippen molar-refractivity contribution in [3.05, 3.63) is 18.5 Å². The van der Waals surface area contributed by atoms with E-state index in [0.29, 0.717) is 0 Å².